The SMILES string of the molecule is Cn1ccnc1[C@H](NC(=O)N1CCSCC1)c1ccc(F)cc1. The van der Waals surface area contributed by atoms with Crippen LogP contribution in [0.4, 0.5) is 9.18 Å². The Morgan fingerprint density at radius 3 is 2.61 bits per heavy atom. The molecule has 23 heavy (non-hydrogen) atoms. The number of hydrogen-bond acceptors (Lipinski definition) is 3. The van der Waals surface area contributed by atoms with Crippen LogP contribution < -0.4 is 5.32 Å². The molecule has 0 saturated carbocycles. The zero-order valence-corrected chi connectivity index (χ0v) is 13.7. The quantitative estimate of drug-likeness (QED) is 0.938. The fourth-order valence-corrected chi connectivity index (χ4v) is 3.49. The summed E-state index contributed by atoms with van der Waals surface area (Å²) in [7, 11) is 1.88. The van der Waals surface area contributed by atoms with E-state index in [2.05, 4.69) is 10.3 Å². The van der Waals surface area contributed by atoms with Crippen LogP contribution in [0.3, 0.4) is 0 Å². The lowest BCUT2D eigenvalue weighted by atomic mass is 10.1. The lowest BCUT2D eigenvalue weighted by Crippen LogP contribution is -2.46. The molecule has 0 spiro atoms. The van der Waals surface area contributed by atoms with Crippen molar-refractivity contribution in [2.75, 3.05) is 24.6 Å². The highest BCUT2D eigenvalue weighted by atomic mass is 32.2. The number of aromatic nitrogens is 2. The number of nitrogens with one attached hydrogen (secondary N) is 1. The first-order valence-corrected chi connectivity index (χ1v) is 8.66. The predicted molar refractivity (Wildman–Crippen MR) is 88.9 cm³/mol. The molecule has 0 unspecified atom stereocenters. The van der Waals surface area contributed by atoms with Crippen LogP contribution in [0.5, 0.6) is 0 Å². The Bertz CT molecular complexity index is 667. The van der Waals surface area contributed by atoms with E-state index >= 15 is 0 Å². The summed E-state index contributed by atoms with van der Waals surface area (Å²) in [5, 5.41) is 3.04. The van der Waals surface area contributed by atoms with Crippen molar-refractivity contribution in [1.29, 1.82) is 0 Å². The topological polar surface area (TPSA) is 50.2 Å². The molecule has 1 aliphatic heterocycles. The van der Waals surface area contributed by atoms with Gasteiger partial charge in [-0.1, -0.05) is 12.1 Å². The molecule has 1 aromatic heterocycles. The van der Waals surface area contributed by atoms with E-state index in [0.717, 1.165) is 36.0 Å². The molecule has 0 bridgehead atoms. The van der Waals surface area contributed by atoms with Gasteiger partial charge in [-0.3, -0.25) is 0 Å². The Labute approximate surface area is 138 Å². The molecule has 7 heteroatoms. The maximum Gasteiger partial charge on any atom is 0.318 e. The molecular formula is C16H19FN4OS. The zero-order chi connectivity index (χ0) is 16.2. The smallest absolute Gasteiger partial charge is 0.318 e. The van der Waals surface area contributed by atoms with Gasteiger partial charge >= 0.3 is 6.03 Å². The van der Waals surface area contributed by atoms with Gasteiger partial charge in [0, 0.05) is 44.0 Å². The second kappa shape index (κ2) is 7.04. The number of halogens is 1. The molecule has 2 heterocycles. The van der Waals surface area contributed by atoms with E-state index in [4.69, 9.17) is 0 Å². The van der Waals surface area contributed by atoms with Gasteiger partial charge in [0.25, 0.3) is 0 Å². The Hall–Kier alpha value is -2.02. The summed E-state index contributed by atoms with van der Waals surface area (Å²) >= 11 is 1.85. The van der Waals surface area contributed by atoms with Gasteiger partial charge in [0.2, 0.25) is 0 Å². The van der Waals surface area contributed by atoms with Gasteiger partial charge in [0.1, 0.15) is 17.7 Å². The highest BCUT2D eigenvalue weighted by Crippen LogP contribution is 2.21. The molecule has 5 nitrogen and oxygen atoms in total. The van der Waals surface area contributed by atoms with E-state index in [1.165, 1.54) is 12.1 Å². The van der Waals surface area contributed by atoms with Crippen LogP contribution in [0.25, 0.3) is 0 Å². The van der Waals surface area contributed by atoms with E-state index in [1.807, 2.05) is 34.5 Å². The minimum atomic E-state index is -0.405. The highest BCUT2D eigenvalue weighted by Gasteiger charge is 2.24. The third kappa shape index (κ3) is 3.67. The number of carbonyl (C=O) groups is 1. The van der Waals surface area contributed by atoms with Crippen LogP contribution in [-0.2, 0) is 7.05 Å². The van der Waals surface area contributed by atoms with Crippen molar-refractivity contribution in [3.05, 3.63) is 53.9 Å². The molecule has 2 aromatic rings. The number of hydrogen-bond donors (Lipinski definition) is 1. The molecule has 1 atom stereocenters. The first-order chi connectivity index (χ1) is 11.1. The number of aryl methyl sites for hydroxylation is 1. The maximum absolute atomic E-state index is 13.2. The monoisotopic (exact) mass is 334 g/mol. The minimum Gasteiger partial charge on any atom is -0.336 e. The summed E-state index contributed by atoms with van der Waals surface area (Å²) < 4.78 is 15.1. The summed E-state index contributed by atoms with van der Waals surface area (Å²) in [4.78, 5) is 18.7. The fraction of sp³-hybridized carbons (Fsp3) is 0.375. The van der Waals surface area contributed by atoms with Crippen molar-refractivity contribution in [3.63, 3.8) is 0 Å². The molecule has 3 rings (SSSR count). The largest absolute Gasteiger partial charge is 0.336 e. The summed E-state index contributed by atoms with van der Waals surface area (Å²) in [5.41, 5.74) is 0.806. The van der Waals surface area contributed by atoms with Crippen molar-refractivity contribution in [1.82, 2.24) is 19.8 Å². The molecule has 2 amide bonds. The van der Waals surface area contributed by atoms with Gasteiger partial charge in [0.15, 0.2) is 0 Å². The van der Waals surface area contributed by atoms with Gasteiger partial charge in [-0.05, 0) is 17.7 Å². The number of benzene rings is 1. The molecule has 0 radical (unpaired) electrons. The van der Waals surface area contributed by atoms with Crippen molar-refractivity contribution in [2.45, 2.75) is 6.04 Å². The summed E-state index contributed by atoms with van der Waals surface area (Å²) in [5.74, 6) is 2.33. The number of thioether (sulfide) groups is 1. The average molecular weight is 334 g/mol. The van der Waals surface area contributed by atoms with Crippen LogP contribution in [-0.4, -0.2) is 45.1 Å². The Morgan fingerprint density at radius 1 is 1.30 bits per heavy atom. The van der Waals surface area contributed by atoms with Crippen molar-refractivity contribution < 1.29 is 9.18 Å². The molecule has 1 fully saturated rings. The molecule has 1 saturated heterocycles. The zero-order valence-electron chi connectivity index (χ0n) is 12.9. The maximum atomic E-state index is 13.2. The lowest BCUT2D eigenvalue weighted by Gasteiger charge is -2.29. The van der Waals surface area contributed by atoms with Crippen LogP contribution in [0, 0.1) is 5.82 Å². The molecule has 1 aliphatic rings. The van der Waals surface area contributed by atoms with Crippen LogP contribution in [0.2, 0.25) is 0 Å². The van der Waals surface area contributed by atoms with E-state index in [-0.39, 0.29) is 11.8 Å². The molecule has 122 valence electrons. The van der Waals surface area contributed by atoms with E-state index < -0.39 is 6.04 Å². The molecule has 1 N–H and O–H groups in total. The Morgan fingerprint density at radius 2 is 2.00 bits per heavy atom. The number of urea groups is 1. The highest BCUT2D eigenvalue weighted by molar-refractivity contribution is 7.99. The summed E-state index contributed by atoms with van der Waals surface area (Å²) in [6.07, 6.45) is 3.52. The Kier molecular flexibility index (Phi) is 4.85. The Balaban J connectivity index is 1.84. The van der Waals surface area contributed by atoms with Crippen molar-refractivity contribution in [2.24, 2.45) is 7.05 Å². The number of amides is 2. The number of rotatable bonds is 3. The van der Waals surface area contributed by atoms with Crippen molar-refractivity contribution >= 4 is 17.8 Å². The number of nitrogens with zero attached hydrogens (tertiary/aromatic N) is 3. The minimum absolute atomic E-state index is 0.109. The van der Waals surface area contributed by atoms with E-state index in [1.54, 1.807) is 18.3 Å². The third-order valence-corrected chi connectivity index (χ3v) is 4.83. The predicted octanol–water partition coefficient (Wildman–Crippen LogP) is 2.41. The van der Waals surface area contributed by atoms with Gasteiger partial charge in [0.05, 0.1) is 0 Å². The first kappa shape index (κ1) is 15.9. The van der Waals surface area contributed by atoms with E-state index in [9.17, 15) is 9.18 Å². The standard InChI is InChI=1S/C16H19FN4OS/c1-20-7-6-18-15(20)14(12-2-4-13(17)5-3-12)19-16(22)21-8-10-23-11-9-21/h2-7,14H,8-11H2,1H3,(H,19,22)/t14-/m1/s1. The summed E-state index contributed by atoms with van der Waals surface area (Å²) in [6.45, 7) is 1.49. The average Bonchev–Trinajstić information content (AvgIpc) is 3.00. The van der Waals surface area contributed by atoms with Crippen LogP contribution in [0.1, 0.15) is 17.4 Å². The van der Waals surface area contributed by atoms with Gasteiger partial charge in [-0.15, -0.1) is 0 Å². The third-order valence-electron chi connectivity index (χ3n) is 3.89. The van der Waals surface area contributed by atoms with Crippen LogP contribution >= 0.6 is 11.8 Å². The second-order valence-electron chi connectivity index (χ2n) is 5.43. The van der Waals surface area contributed by atoms with Crippen molar-refractivity contribution in [3.8, 4) is 0 Å². The van der Waals surface area contributed by atoms with Gasteiger partial charge in [-0.25, -0.2) is 14.2 Å². The van der Waals surface area contributed by atoms with Gasteiger partial charge in [-0.2, -0.15) is 11.8 Å². The normalized spacial score (nSPS) is 16.2. The number of imidazole rings is 1. The van der Waals surface area contributed by atoms with Crippen LogP contribution in [0.15, 0.2) is 36.7 Å². The lowest BCUT2D eigenvalue weighted by molar-refractivity contribution is 0.200. The van der Waals surface area contributed by atoms with E-state index in [0.29, 0.717) is 0 Å². The molecular weight excluding hydrogens is 315 g/mol. The summed E-state index contributed by atoms with van der Waals surface area (Å²) in [6, 6.07) is 5.65. The number of carbonyl (C=O) groups excluding carboxylic acids is 1. The van der Waals surface area contributed by atoms with Gasteiger partial charge < -0.3 is 14.8 Å². The molecule has 0 aliphatic carbocycles. The molecule has 1 aromatic carbocycles. The fourth-order valence-electron chi connectivity index (χ4n) is 2.59. The second-order valence-corrected chi connectivity index (χ2v) is 6.65. The first-order valence-electron chi connectivity index (χ1n) is 7.51.